The van der Waals surface area contributed by atoms with Crippen LogP contribution >= 0.6 is 0 Å². The maximum Gasteiger partial charge on any atom is 0.293 e. The molecule has 0 radical (unpaired) electrons. The Morgan fingerprint density at radius 3 is 2.29 bits per heavy atom. The van der Waals surface area contributed by atoms with Crippen molar-refractivity contribution in [3.63, 3.8) is 0 Å². The summed E-state index contributed by atoms with van der Waals surface area (Å²) in [5, 5.41) is 0. The summed E-state index contributed by atoms with van der Waals surface area (Å²) < 4.78 is 9.35. The maximum atomic E-state index is 10.3. The lowest BCUT2D eigenvalue weighted by molar-refractivity contribution is -0.149. The number of rotatable bonds is 5. The number of carbonyl (C=O) groups is 2. The Hall–Kier alpha value is -1.32. The molecule has 0 heterocycles. The SMILES string of the molecule is CC(C)C1(OC=O)CC=CCC1.CCOC=O. The average Bonchev–Trinajstić information content (AvgIpc) is 2.32. The fraction of sp³-hybridized carbons (Fsp3) is 0.692. The molecule has 4 heteroatoms. The highest BCUT2D eigenvalue weighted by Crippen LogP contribution is 2.33. The molecule has 0 bridgehead atoms. The van der Waals surface area contributed by atoms with Gasteiger partial charge in [-0.15, -0.1) is 0 Å². The van der Waals surface area contributed by atoms with Crippen molar-refractivity contribution >= 4 is 12.9 Å². The molecule has 0 saturated heterocycles. The Morgan fingerprint density at radius 1 is 1.29 bits per heavy atom. The summed E-state index contributed by atoms with van der Waals surface area (Å²) in [7, 11) is 0. The fourth-order valence-electron chi connectivity index (χ4n) is 1.76. The van der Waals surface area contributed by atoms with Crippen LogP contribution in [0.3, 0.4) is 0 Å². The minimum absolute atomic E-state index is 0.226. The largest absolute Gasteiger partial charge is 0.468 e. The molecule has 17 heavy (non-hydrogen) atoms. The maximum absolute atomic E-state index is 10.3. The summed E-state index contributed by atoms with van der Waals surface area (Å²) in [4.78, 5) is 19.5. The molecule has 0 aromatic heterocycles. The van der Waals surface area contributed by atoms with Crippen molar-refractivity contribution in [2.24, 2.45) is 5.92 Å². The van der Waals surface area contributed by atoms with Crippen LogP contribution in [0.5, 0.6) is 0 Å². The third-order valence-corrected chi connectivity index (χ3v) is 2.93. The highest BCUT2D eigenvalue weighted by Gasteiger charge is 2.35. The van der Waals surface area contributed by atoms with Crippen LogP contribution in [0.25, 0.3) is 0 Å². The Labute approximate surface area is 103 Å². The molecular formula is C13H22O4. The van der Waals surface area contributed by atoms with Gasteiger partial charge in [-0.05, 0) is 25.7 Å². The van der Waals surface area contributed by atoms with Gasteiger partial charge in [0.15, 0.2) is 0 Å². The summed E-state index contributed by atoms with van der Waals surface area (Å²) >= 11 is 0. The van der Waals surface area contributed by atoms with Gasteiger partial charge in [0.25, 0.3) is 12.9 Å². The smallest absolute Gasteiger partial charge is 0.293 e. The zero-order valence-electron chi connectivity index (χ0n) is 10.8. The van der Waals surface area contributed by atoms with Crippen molar-refractivity contribution in [2.75, 3.05) is 6.61 Å². The predicted molar refractivity (Wildman–Crippen MR) is 65.4 cm³/mol. The Morgan fingerprint density at radius 2 is 2.00 bits per heavy atom. The van der Waals surface area contributed by atoms with E-state index in [0.717, 1.165) is 19.3 Å². The van der Waals surface area contributed by atoms with Crippen molar-refractivity contribution in [2.45, 2.75) is 45.6 Å². The zero-order valence-corrected chi connectivity index (χ0v) is 10.8. The minimum Gasteiger partial charge on any atom is -0.468 e. The minimum atomic E-state index is -0.226. The van der Waals surface area contributed by atoms with Gasteiger partial charge in [-0.1, -0.05) is 26.0 Å². The van der Waals surface area contributed by atoms with Crippen LogP contribution < -0.4 is 0 Å². The van der Waals surface area contributed by atoms with E-state index < -0.39 is 0 Å². The van der Waals surface area contributed by atoms with Crippen molar-refractivity contribution in [1.82, 2.24) is 0 Å². The Kier molecular flexibility index (Phi) is 8.11. The third kappa shape index (κ3) is 5.52. The van der Waals surface area contributed by atoms with Gasteiger partial charge >= 0.3 is 0 Å². The highest BCUT2D eigenvalue weighted by molar-refractivity contribution is 5.39. The standard InChI is InChI=1S/C10H16O2.C3H6O2/c1-9(2)10(12-8-11)6-4-3-5-7-10;1-2-5-3-4/h3-4,8-9H,5-7H2,1-2H3;3H,2H2,1H3. The second-order valence-electron chi connectivity index (χ2n) is 4.20. The van der Waals surface area contributed by atoms with Crippen molar-refractivity contribution in [3.8, 4) is 0 Å². The molecular weight excluding hydrogens is 220 g/mol. The zero-order chi connectivity index (χ0) is 13.1. The molecule has 1 aliphatic rings. The quantitative estimate of drug-likeness (QED) is 0.549. The van der Waals surface area contributed by atoms with Gasteiger partial charge < -0.3 is 9.47 Å². The molecule has 1 atom stereocenters. The number of allylic oxidation sites excluding steroid dienone is 1. The van der Waals surface area contributed by atoms with E-state index in [-0.39, 0.29) is 5.60 Å². The Balaban J connectivity index is 0.000000437. The van der Waals surface area contributed by atoms with Crippen LogP contribution in [0.4, 0.5) is 0 Å². The summed E-state index contributed by atoms with van der Waals surface area (Å²) in [6.45, 7) is 7.45. The topological polar surface area (TPSA) is 52.6 Å². The summed E-state index contributed by atoms with van der Waals surface area (Å²) in [5.74, 6) is 0.396. The second kappa shape index (κ2) is 8.79. The molecule has 4 nitrogen and oxygen atoms in total. The van der Waals surface area contributed by atoms with Gasteiger partial charge in [-0.3, -0.25) is 9.59 Å². The fourth-order valence-corrected chi connectivity index (χ4v) is 1.76. The van der Waals surface area contributed by atoms with Crippen LogP contribution in [-0.2, 0) is 19.1 Å². The number of hydrogen-bond acceptors (Lipinski definition) is 4. The normalized spacial score (nSPS) is 22.4. The van der Waals surface area contributed by atoms with Crippen molar-refractivity contribution < 1.29 is 19.1 Å². The monoisotopic (exact) mass is 242 g/mol. The molecule has 0 aromatic rings. The molecule has 1 aliphatic carbocycles. The second-order valence-corrected chi connectivity index (χ2v) is 4.20. The average molecular weight is 242 g/mol. The summed E-state index contributed by atoms with van der Waals surface area (Å²) in [6.07, 6.45) is 7.09. The van der Waals surface area contributed by atoms with Crippen molar-refractivity contribution in [1.29, 1.82) is 0 Å². The van der Waals surface area contributed by atoms with Crippen LogP contribution in [0.2, 0.25) is 0 Å². The third-order valence-electron chi connectivity index (χ3n) is 2.93. The lowest BCUT2D eigenvalue weighted by Crippen LogP contribution is -2.38. The lowest BCUT2D eigenvalue weighted by Gasteiger charge is -2.36. The van der Waals surface area contributed by atoms with Gasteiger partial charge in [0.1, 0.15) is 5.60 Å². The van der Waals surface area contributed by atoms with Crippen LogP contribution in [0, 0.1) is 5.92 Å². The first-order valence-corrected chi connectivity index (χ1v) is 5.94. The van der Waals surface area contributed by atoms with Crippen LogP contribution in [0.1, 0.15) is 40.0 Å². The molecule has 98 valence electrons. The first-order valence-electron chi connectivity index (χ1n) is 5.94. The van der Waals surface area contributed by atoms with E-state index in [2.05, 4.69) is 30.7 Å². The predicted octanol–water partition coefficient (Wildman–Crippen LogP) is 2.47. The number of carbonyl (C=O) groups excluding carboxylic acids is 2. The van der Waals surface area contributed by atoms with E-state index in [1.54, 1.807) is 6.92 Å². The van der Waals surface area contributed by atoms with Crippen LogP contribution in [-0.4, -0.2) is 25.2 Å². The van der Waals surface area contributed by atoms with Crippen LogP contribution in [0.15, 0.2) is 12.2 Å². The van der Waals surface area contributed by atoms with Gasteiger partial charge in [0.2, 0.25) is 0 Å². The van der Waals surface area contributed by atoms with Gasteiger partial charge in [-0.25, -0.2) is 0 Å². The first kappa shape index (κ1) is 15.7. The molecule has 1 rings (SSSR count). The van der Waals surface area contributed by atoms with E-state index in [9.17, 15) is 9.59 Å². The Bertz CT molecular complexity index is 248. The molecule has 0 spiro atoms. The molecule has 0 saturated carbocycles. The number of hydrogen-bond donors (Lipinski definition) is 0. The van der Waals surface area contributed by atoms with Gasteiger partial charge in [0, 0.05) is 6.42 Å². The molecule has 0 aromatic carbocycles. The molecule has 0 amide bonds. The molecule has 0 N–H and O–H groups in total. The van der Waals surface area contributed by atoms with E-state index in [1.807, 2.05) is 0 Å². The van der Waals surface area contributed by atoms with E-state index in [1.165, 1.54) is 0 Å². The summed E-state index contributed by atoms with van der Waals surface area (Å²) in [5.41, 5.74) is -0.226. The van der Waals surface area contributed by atoms with Gasteiger partial charge in [0.05, 0.1) is 6.61 Å². The molecule has 0 fully saturated rings. The molecule has 0 aliphatic heterocycles. The number of ether oxygens (including phenoxy) is 2. The molecule has 1 unspecified atom stereocenters. The summed E-state index contributed by atoms with van der Waals surface area (Å²) in [6, 6.07) is 0. The van der Waals surface area contributed by atoms with E-state index in [4.69, 9.17) is 4.74 Å². The highest BCUT2D eigenvalue weighted by atomic mass is 16.5. The van der Waals surface area contributed by atoms with Gasteiger partial charge in [-0.2, -0.15) is 0 Å². The van der Waals surface area contributed by atoms with Crippen molar-refractivity contribution in [3.05, 3.63) is 12.2 Å². The van der Waals surface area contributed by atoms with E-state index >= 15 is 0 Å². The lowest BCUT2D eigenvalue weighted by atomic mass is 9.80. The van der Waals surface area contributed by atoms with E-state index in [0.29, 0.717) is 25.5 Å². The first-order chi connectivity index (χ1) is 8.13.